The number of likely N-dealkylation sites (tertiary alicyclic amines) is 1. The first-order chi connectivity index (χ1) is 11.1. The second kappa shape index (κ2) is 6.58. The van der Waals surface area contributed by atoms with Crippen molar-refractivity contribution in [2.75, 3.05) is 13.1 Å². The highest BCUT2D eigenvalue weighted by atomic mass is 19.1. The standard InChI is InChI=1S/C17H15FN2O3/c18-15-8-12(4-6-17(22)20-10-13(21)11-20)3-5-16(15)23-14-2-1-7-19-9-14/h1-9,13,21H,10-11H2/b6-4+. The fourth-order valence-corrected chi connectivity index (χ4v) is 2.15. The second-order valence-electron chi connectivity index (χ2n) is 5.21. The molecule has 0 radical (unpaired) electrons. The monoisotopic (exact) mass is 314 g/mol. The molecular weight excluding hydrogens is 299 g/mol. The van der Waals surface area contributed by atoms with E-state index in [0.29, 0.717) is 24.4 Å². The number of rotatable bonds is 4. The van der Waals surface area contributed by atoms with Gasteiger partial charge in [-0.15, -0.1) is 0 Å². The van der Waals surface area contributed by atoms with E-state index in [4.69, 9.17) is 9.84 Å². The first-order valence-electron chi connectivity index (χ1n) is 7.14. The molecule has 5 nitrogen and oxygen atoms in total. The molecule has 0 unspecified atom stereocenters. The van der Waals surface area contributed by atoms with Crippen molar-refractivity contribution in [3.63, 3.8) is 0 Å². The predicted octanol–water partition coefficient (Wildman–Crippen LogP) is 2.23. The Hall–Kier alpha value is -2.73. The van der Waals surface area contributed by atoms with E-state index in [1.54, 1.807) is 24.4 Å². The van der Waals surface area contributed by atoms with Crippen molar-refractivity contribution in [2.24, 2.45) is 0 Å². The van der Waals surface area contributed by atoms with Gasteiger partial charge in [0.2, 0.25) is 5.91 Å². The molecule has 1 aromatic carbocycles. The second-order valence-corrected chi connectivity index (χ2v) is 5.21. The first kappa shape index (κ1) is 15.2. The van der Waals surface area contributed by atoms with E-state index in [-0.39, 0.29) is 11.7 Å². The third-order valence-corrected chi connectivity index (χ3v) is 3.41. The molecule has 0 atom stereocenters. The van der Waals surface area contributed by atoms with Gasteiger partial charge in [0.1, 0.15) is 5.75 Å². The zero-order chi connectivity index (χ0) is 16.2. The highest BCUT2D eigenvalue weighted by Gasteiger charge is 2.26. The number of carbonyl (C=O) groups is 1. The molecule has 1 aliphatic rings. The molecule has 23 heavy (non-hydrogen) atoms. The summed E-state index contributed by atoms with van der Waals surface area (Å²) in [6, 6.07) is 7.83. The van der Waals surface area contributed by atoms with Gasteiger partial charge in [-0.1, -0.05) is 6.07 Å². The van der Waals surface area contributed by atoms with E-state index in [1.165, 1.54) is 35.4 Å². The Bertz CT molecular complexity index is 728. The average Bonchev–Trinajstić information content (AvgIpc) is 2.53. The van der Waals surface area contributed by atoms with E-state index < -0.39 is 11.9 Å². The van der Waals surface area contributed by atoms with Gasteiger partial charge in [-0.3, -0.25) is 9.78 Å². The van der Waals surface area contributed by atoms with Crippen LogP contribution in [-0.4, -0.2) is 40.1 Å². The maximum atomic E-state index is 14.0. The third-order valence-electron chi connectivity index (χ3n) is 3.41. The van der Waals surface area contributed by atoms with Gasteiger partial charge in [0.05, 0.1) is 12.3 Å². The van der Waals surface area contributed by atoms with Gasteiger partial charge in [-0.2, -0.15) is 0 Å². The fourth-order valence-electron chi connectivity index (χ4n) is 2.15. The number of benzene rings is 1. The molecule has 2 aromatic rings. The van der Waals surface area contributed by atoms with Crippen LogP contribution in [0.25, 0.3) is 6.08 Å². The van der Waals surface area contributed by atoms with Gasteiger partial charge >= 0.3 is 0 Å². The van der Waals surface area contributed by atoms with Crippen molar-refractivity contribution in [2.45, 2.75) is 6.10 Å². The molecule has 1 aromatic heterocycles. The van der Waals surface area contributed by atoms with Gasteiger partial charge in [-0.25, -0.2) is 4.39 Å². The van der Waals surface area contributed by atoms with Crippen molar-refractivity contribution in [3.8, 4) is 11.5 Å². The number of amides is 1. The molecule has 0 saturated carbocycles. The van der Waals surface area contributed by atoms with Gasteiger partial charge in [0.25, 0.3) is 0 Å². The van der Waals surface area contributed by atoms with Crippen LogP contribution in [0.15, 0.2) is 48.8 Å². The molecule has 1 N–H and O–H groups in total. The molecular formula is C17H15FN2O3. The Labute approximate surface area is 132 Å². The van der Waals surface area contributed by atoms with Crippen LogP contribution in [0.2, 0.25) is 0 Å². The Morgan fingerprint density at radius 2 is 2.22 bits per heavy atom. The molecule has 2 heterocycles. The number of β-amino-alcohol motifs (C(OH)–C–C–N with tert-alkyl or cyclic N) is 1. The molecule has 6 heteroatoms. The van der Waals surface area contributed by atoms with Crippen LogP contribution in [0.1, 0.15) is 5.56 Å². The maximum Gasteiger partial charge on any atom is 0.246 e. The predicted molar refractivity (Wildman–Crippen MR) is 82.3 cm³/mol. The number of aliphatic hydroxyl groups is 1. The number of pyridine rings is 1. The van der Waals surface area contributed by atoms with Crippen LogP contribution in [0.4, 0.5) is 4.39 Å². The lowest BCUT2D eigenvalue weighted by Crippen LogP contribution is -2.52. The molecule has 1 amide bonds. The zero-order valence-electron chi connectivity index (χ0n) is 12.2. The molecule has 118 valence electrons. The SMILES string of the molecule is O=C(/C=C/c1ccc(Oc2cccnc2)c(F)c1)N1CC(O)C1. The lowest BCUT2D eigenvalue weighted by molar-refractivity contribution is -0.135. The number of ether oxygens (including phenoxy) is 1. The van der Waals surface area contributed by atoms with Crippen molar-refractivity contribution in [3.05, 3.63) is 60.2 Å². The molecule has 1 aliphatic heterocycles. The van der Waals surface area contributed by atoms with Crippen LogP contribution in [0, 0.1) is 5.82 Å². The summed E-state index contributed by atoms with van der Waals surface area (Å²) >= 11 is 0. The summed E-state index contributed by atoms with van der Waals surface area (Å²) in [6.45, 7) is 0.685. The van der Waals surface area contributed by atoms with Crippen molar-refractivity contribution < 1.29 is 19.0 Å². The van der Waals surface area contributed by atoms with Gasteiger partial charge in [0, 0.05) is 25.4 Å². The number of hydrogen-bond donors (Lipinski definition) is 1. The van der Waals surface area contributed by atoms with Crippen LogP contribution >= 0.6 is 0 Å². The smallest absolute Gasteiger partial charge is 0.246 e. The Morgan fingerprint density at radius 3 is 2.87 bits per heavy atom. The molecule has 0 spiro atoms. The van der Waals surface area contributed by atoms with Crippen LogP contribution in [0.3, 0.4) is 0 Å². The minimum Gasteiger partial charge on any atom is -0.453 e. The number of nitrogens with zero attached hydrogens (tertiary/aromatic N) is 2. The topological polar surface area (TPSA) is 62.7 Å². The minimum absolute atomic E-state index is 0.0901. The Kier molecular flexibility index (Phi) is 4.34. The van der Waals surface area contributed by atoms with Crippen LogP contribution in [0.5, 0.6) is 11.5 Å². The van der Waals surface area contributed by atoms with Crippen molar-refractivity contribution in [1.82, 2.24) is 9.88 Å². The highest BCUT2D eigenvalue weighted by molar-refractivity contribution is 5.92. The summed E-state index contributed by atoms with van der Waals surface area (Å²) in [6.07, 6.45) is 5.55. The Balaban J connectivity index is 1.66. The van der Waals surface area contributed by atoms with Crippen molar-refractivity contribution in [1.29, 1.82) is 0 Å². The van der Waals surface area contributed by atoms with E-state index in [1.807, 2.05) is 0 Å². The lowest BCUT2D eigenvalue weighted by atomic mass is 10.1. The summed E-state index contributed by atoms with van der Waals surface area (Å²) in [5, 5.41) is 9.15. The normalized spacial score (nSPS) is 14.8. The summed E-state index contributed by atoms with van der Waals surface area (Å²) in [5.74, 6) is -0.192. The first-order valence-corrected chi connectivity index (χ1v) is 7.14. The number of carbonyl (C=O) groups excluding carboxylic acids is 1. The van der Waals surface area contributed by atoms with Gasteiger partial charge in [0.15, 0.2) is 11.6 Å². The molecule has 3 rings (SSSR count). The minimum atomic E-state index is -0.525. The summed E-state index contributed by atoms with van der Waals surface area (Å²) in [4.78, 5) is 17.1. The lowest BCUT2D eigenvalue weighted by Gasteiger charge is -2.34. The quantitative estimate of drug-likeness (QED) is 0.879. The molecule has 1 fully saturated rings. The zero-order valence-corrected chi connectivity index (χ0v) is 12.2. The van der Waals surface area contributed by atoms with E-state index in [9.17, 15) is 9.18 Å². The van der Waals surface area contributed by atoms with Crippen molar-refractivity contribution >= 4 is 12.0 Å². The van der Waals surface area contributed by atoms with E-state index in [2.05, 4.69) is 4.98 Å². The number of halogens is 1. The van der Waals surface area contributed by atoms with E-state index in [0.717, 1.165) is 0 Å². The average molecular weight is 314 g/mol. The van der Waals surface area contributed by atoms with E-state index >= 15 is 0 Å². The maximum absolute atomic E-state index is 14.0. The number of aliphatic hydroxyl groups excluding tert-OH is 1. The van der Waals surface area contributed by atoms with Gasteiger partial charge in [-0.05, 0) is 35.9 Å². The fraction of sp³-hybridized carbons (Fsp3) is 0.176. The van der Waals surface area contributed by atoms with Crippen LogP contribution < -0.4 is 4.74 Å². The summed E-state index contributed by atoms with van der Waals surface area (Å²) in [5.41, 5.74) is 0.551. The molecule has 1 saturated heterocycles. The molecule has 0 aliphatic carbocycles. The number of hydrogen-bond acceptors (Lipinski definition) is 4. The largest absolute Gasteiger partial charge is 0.453 e. The summed E-state index contributed by atoms with van der Waals surface area (Å²) in [7, 11) is 0. The summed E-state index contributed by atoms with van der Waals surface area (Å²) < 4.78 is 19.4. The number of aromatic nitrogens is 1. The van der Waals surface area contributed by atoms with Crippen LogP contribution in [-0.2, 0) is 4.79 Å². The third kappa shape index (κ3) is 3.73. The molecule has 0 bridgehead atoms. The van der Waals surface area contributed by atoms with Gasteiger partial charge < -0.3 is 14.7 Å². The highest BCUT2D eigenvalue weighted by Crippen LogP contribution is 2.24. The Morgan fingerprint density at radius 1 is 1.39 bits per heavy atom.